The number of hydrogen-bond donors (Lipinski definition) is 1. The number of phenols is 1. The molecule has 6 nitrogen and oxygen atoms in total. The average Bonchev–Trinajstić information content (AvgIpc) is 2.62. The quantitative estimate of drug-likeness (QED) is 0.759. The molecule has 0 bridgehead atoms. The molecule has 0 unspecified atom stereocenters. The number of rotatable bonds is 4. The highest BCUT2D eigenvalue weighted by molar-refractivity contribution is 6.51. The summed E-state index contributed by atoms with van der Waals surface area (Å²) in [4.78, 5) is 16.8. The van der Waals surface area contributed by atoms with Gasteiger partial charge in [-0.3, -0.25) is 9.20 Å². The van der Waals surface area contributed by atoms with Gasteiger partial charge in [0.1, 0.15) is 5.65 Å². The van der Waals surface area contributed by atoms with Crippen LogP contribution in [0.1, 0.15) is 17.0 Å². The van der Waals surface area contributed by atoms with Gasteiger partial charge in [0, 0.05) is 11.8 Å². The van der Waals surface area contributed by atoms with Gasteiger partial charge < -0.3 is 14.6 Å². The number of halogens is 1. The lowest BCUT2D eigenvalue weighted by Gasteiger charge is -2.10. The molecule has 1 aromatic carbocycles. The molecule has 134 valence electrons. The van der Waals surface area contributed by atoms with E-state index in [-0.39, 0.29) is 27.8 Å². The molecule has 0 saturated carbocycles. The molecule has 0 atom stereocenters. The number of benzene rings is 1. The smallest absolute Gasteiger partial charge is 0.258 e. The van der Waals surface area contributed by atoms with Crippen molar-refractivity contribution in [2.24, 2.45) is 0 Å². The van der Waals surface area contributed by atoms with Crippen LogP contribution in [0, 0.1) is 6.92 Å². The van der Waals surface area contributed by atoms with Gasteiger partial charge in [-0.1, -0.05) is 17.7 Å². The summed E-state index contributed by atoms with van der Waals surface area (Å²) < 4.78 is 11.8. The molecule has 2 heterocycles. The van der Waals surface area contributed by atoms with E-state index in [1.807, 2.05) is 19.1 Å². The molecule has 0 radical (unpaired) electrons. The van der Waals surface area contributed by atoms with Gasteiger partial charge in [0.2, 0.25) is 5.75 Å². The number of aromatic nitrogens is 2. The lowest BCUT2D eigenvalue weighted by Crippen LogP contribution is -2.17. The summed E-state index contributed by atoms with van der Waals surface area (Å²) in [6.07, 6.45) is 1.63. The summed E-state index contributed by atoms with van der Waals surface area (Å²) in [7, 11) is 2.88. The standard InChI is InChI=1S/C19H17ClN2O4/c1-11-5-4-6-17-21-14(10-18(23)22(11)17)13(20)7-12-8-15(25-2)19(24)16(9-12)26-3/h4-10,24H,1-3H3/b13-7-. The summed E-state index contributed by atoms with van der Waals surface area (Å²) in [5.74, 6) is 0.408. The highest BCUT2D eigenvalue weighted by Crippen LogP contribution is 2.38. The van der Waals surface area contributed by atoms with Gasteiger partial charge in [-0.15, -0.1) is 0 Å². The van der Waals surface area contributed by atoms with Crippen LogP contribution in [-0.2, 0) is 0 Å². The first kappa shape index (κ1) is 17.8. The van der Waals surface area contributed by atoms with E-state index in [1.54, 1.807) is 24.3 Å². The fraction of sp³-hybridized carbons (Fsp3) is 0.158. The monoisotopic (exact) mass is 372 g/mol. The molecule has 0 aliphatic rings. The highest BCUT2D eigenvalue weighted by atomic mass is 35.5. The van der Waals surface area contributed by atoms with E-state index in [0.717, 1.165) is 5.69 Å². The van der Waals surface area contributed by atoms with Crippen molar-refractivity contribution in [1.82, 2.24) is 9.38 Å². The average molecular weight is 373 g/mol. The van der Waals surface area contributed by atoms with Crippen LogP contribution < -0.4 is 15.0 Å². The Morgan fingerprint density at radius 1 is 1.19 bits per heavy atom. The van der Waals surface area contributed by atoms with E-state index in [0.29, 0.717) is 16.9 Å². The van der Waals surface area contributed by atoms with Crippen molar-refractivity contribution in [3.05, 3.63) is 63.7 Å². The van der Waals surface area contributed by atoms with E-state index in [4.69, 9.17) is 21.1 Å². The summed E-state index contributed by atoms with van der Waals surface area (Å²) in [6, 6.07) is 10.0. The Hall–Kier alpha value is -2.99. The molecule has 7 heteroatoms. The number of nitrogens with zero attached hydrogens (tertiary/aromatic N) is 2. The van der Waals surface area contributed by atoms with Crippen molar-refractivity contribution in [2.45, 2.75) is 6.92 Å². The SMILES string of the molecule is COc1cc(/C=C(\Cl)c2cc(=O)n3c(C)cccc3n2)cc(OC)c1O. The lowest BCUT2D eigenvalue weighted by atomic mass is 10.1. The molecule has 0 saturated heterocycles. The van der Waals surface area contributed by atoms with Crippen molar-refractivity contribution in [2.75, 3.05) is 14.2 Å². The summed E-state index contributed by atoms with van der Waals surface area (Å²) >= 11 is 6.39. The van der Waals surface area contributed by atoms with Gasteiger partial charge in [-0.25, -0.2) is 4.98 Å². The Morgan fingerprint density at radius 2 is 1.85 bits per heavy atom. The Morgan fingerprint density at radius 3 is 2.46 bits per heavy atom. The van der Waals surface area contributed by atoms with E-state index >= 15 is 0 Å². The molecule has 0 fully saturated rings. The molecule has 0 aliphatic heterocycles. The van der Waals surface area contributed by atoms with Crippen LogP contribution in [0.5, 0.6) is 17.2 Å². The minimum atomic E-state index is -0.212. The topological polar surface area (TPSA) is 73.1 Å². The van der Waals surface area contributed by atoms with Gasteiger partial charge in [0.25, 0.3) is 5.56 Å². The van der Waals surface area contributed by atoms with Crippen LogP contribution in [0.2, 0.25) is 0 Å². The second-order valence-corrected chi connectivity index (χ2v) is 6.01. The predicted molar refractivity (Wildman–Crippen MR) is 101 cm³/mol. The first-order valence-electron chi connectivity index (χ1n) is 7.76. The molecule has 2 aromatic heterocycles. The van der Waals surface area contributed by atoms with Crippen molar-refractivity contribution in [3.63, 3.8) is 0 Å². The molecule has 0 aliphatic carbocycles. The number of fused-ring (bicyclic) bond motifs is 1. The molecule has 0 amide bonds. The normalized spacial score (nSPS) is 11.6. The maximum Gasteiger partial charge on any atom is 0.258 e. The zero-order valence-corrected chi connectivity index (χ0v) is 15.2. The summed E-state index contributed by atoms with van der Waals surface area (Å²) in [5.41, 5.74) is 2.08. The van der Waals surface area contributed by atoms with E-state index in [2.05, 4.69) is 4.98 Å². The molecule has 1 N–H and O–H groups in total. The Labute approximate surface area is 154 Å². The number of hydrogen-bond acceptors (Lipinski definition) is 5. The minimum absolute atomic E-state index is 0.0965. The summed E-state index contributed by atoms with van der Waals surface area (Å²) in [6.45, 7) is 1.84. The fourth-order valence-corrected chi connectivity index (χ4v) is 2.88. The lowest BCUT2D eigenvalue weighted by molar-refractivity contribution is 0.340. The Bertz CT molecular complexity index is 1050. The maximum absolute atomic E-state index is 12.4. The molecule has 26 heavy (non-hydrogen) atoms. The second kappa shape index (κ2) is 7.09. The van der Waals surface area contributed by atoms with Gasteiger partial charge in [-0.2, -0.15) is 0 Å². The van der Waals surface area contributed by atoms with E-state index in [9.17, 15) is 9.90 Å². The molecular formula is C19H17ClN2O4. The van der Waals surface area contributed by atoms with Gasteiger partial charge in [0.05, 0.1) is 24.9 Å². The molecule has 0 spiro atoms. The third-order valence-corrected chi connectivity index (χ3v) is 4.22. The van der Waals surface area contributed by atoms with Crippen molar-refractivity contribution in [3.8, 4) is 17.2 Å². The van der Waals surface area contributed by atoms with Crippen molar-refractivity contribution < 1.29 is 14.6 Å². The zero-order valence-electron chi connectivity index (χ0n) is 14.5. The Kier molecular flexibility index (Phi) is 4.86. The van der Waals surface area contributed by atoms with Crippen LogP contribution >= 0.6 is 11.6 Å². The third kappa shape index (κ3) is 3.23. The molecule has 3 aromatic rings. The van der Waals surface area contributed by atoms with E-state index in [1.165, 1.54) is 24.7 Å². The van der Waals surface area contributed by atoms with Gasteiger partial charge in [-0.05, 0) is 42.8 Å². The number of ether oxygens (including phenoxy) is 2. The highest BCUT2D eigenvalue weighted by Gasteiger charge is 2.12. The number of aryl methyl sites for hydroxylation is 1. The minimum Gasteiger partial charge on any atom is -0.502 e. The Balaban J connectivity index is 2.11. The maximum atomic E-state index is 12.4. The van der Waals surface area contributed by atoms with Crippen LogP contribution in [0.4, 0.5) is 0 Å². The van der Waals surface area contributed by atoms with Crippen LogP contribution in [0.25, 0.3) is 16.8 Å². The number of phenolic OH excluding ortho intramolecular Hbond substituents is 1. The summed E-state index contributed by atoms with van der Waals surface area (Å²) in [5, 5.41) is 10.3. The van der Waals surface area contributed by atoms with Gasteiger partial charge in [0.15, 0.2) is 11.5 Å². The van der Waals surface area contributed by atoms with Gasteiger partial charge >= 0.3 is 0 Å². The molecule has 3 rings (SSSR count). The number of pyridine rings is 1. The van der Waals surface area contributed by atoms with Crippen LogP contribution in [0.15, 0.2) is 41.2 Å². The van der Waals surface area contributed by atoms with E-state index < -0.39 is 0 Å². The largest absolute Gasteiger partial charge is 0.502 e. The van der Waals surface area contributed by atoms with Crippen molar-refractivity contribution in [1.29, 1.82) is 0 Å². The van der Waals surface area contributed by atoms with Crippen LogP contribution in [-0.4, -0.2) is 28.7 Å². The van der Waals surface area contributed by atoms with Crippen molar-refractivity contribution >= 4 is 28.4 Å². The molecular weight excluding hydrogens is 356 g/mol. The van der Waals surface area contributed by atoms with Crippen LogP contribution in [0.3, 0.4) is 0 Å². The third-order valence-electron chi connectivity index (χ3n) is 3.92. The second-order valence-electron chi connectivity index (χ2n) is 5.61. The first-order valence-corrected chi connectivity index (χ1v) is 8.14. The number of aromatic hydroxyl groups is 1. The fourth-order valence-electron chi connectivity index (χ4n) is 2.65. The first-order chi connectivity index (χ1) is 12.4. The predicted octanol–water partition coefficient (Wildman–Crippen LogP) is 3.46. The number of methoxy groups -OCH3 is 2. The zero-order chi connectivity index (χ0) is 18.8.